The quantitative estimate of drug-likeness (QED) is 0.0201. The highest BCUT2D eigenvalue weighted by Gasteiger charge is 2.45. The van der Waals surface area contributed by atoms with Crippen LogP contribution in [0.1, 0.15) is 22.5 Å². The molecule has 354 valence electrons. The topological polar surface area (TPSA) is 301 Å². The molecule has 1 aliphatic heterocycles. The molecule has 23 heteroatoms. The summed E-state index contributed by atoms with van der Waals surface area (Å²) < 4.78 is 57.5. The van der Waals surface area contributed by atoms with Gasteiger partial charge in [0.05, 0.1) is 63.5 Å². The van der Waals surface area contributed by atoms with Crippen LogP contribution in [0, 0.1) is 0 Å². The van der Waals surface area contributed by atoms with Crippen molar-refractivity contribution in [1.82, 2.24) is 25.6 Å². The minimum absolute atomic E-state index is 0.0338. The van der Waals surface area contributed by atoms with Gasteiger partial charge in [0, 0.05) is 54.9 Å². The lowest BCUT2D eigenvalue weighted by Gasteiger charge is -2.40. The van der Waals surface area contributed by atoms with Crippen molar-refractivity contribution in [2.75, 3.05) is 63.8 Å². The number of hydrogen-bond donors (Lipinski definition) is 8. The maximum atomic E-state index is 13.0. The first-order valence-electron chi connectivity index (χ1n) is 20.8. The van der Waals surface area contributed by atoms with Crippen LogP contribution in [0.5, 0.6) is 0 Å². The lowest BCUT2D eigenvalue weighted by molar-refractivity contribution is -0.337. The Balaban J connectivity index is 0.930. The third-order valence-corrected chi connectivity index (χ3v) is 11.1. The average molecular weight is 936 g/mol. The van der Waals surface area contributed by atoms with Crippen LogP contribution in [0.15, 0.2) is 106 Å². The van der Waals surface area contributed by atoms with Gasteiger partial charge in [-0.15, -0.1) is 5.10 Å². The van der Waals surface area contributed by atoms with Crippen molar-refractivity contribution in [2.45, 2.75) is 61.4 Å². The third kappa shape index (κ3) is 13.8. The molecular weight excluding hydrogens is 883 g/mol. The molecule has 22 nitrogen and oxygen atoms in total. The zero-order chi connectivity index (χ0) is 47.2. The predicted molar refractivity (Wildman–Crippen MR) is 238 cm³/mol. The van der Waals surface area contributed by atoms with E-state index in [0.29, 0.717) is 45.6 Å². The Labute approximate surface area is 379 Å². The third-order valence-electron chi connectivity index (χ3n) is 10.2. The summed E-state index contributed by atoms with van der Waals surface area (Å²) in [6.45, 7) is 0.192. The summed E-state index contributed by atoms with van der Waals surface area (Å²) in [6, 6.07) is 23.7. The molecule has 5 aromatic rings. The fourth-order valence-electron chi connectivity index (χ4n) is 6.67. The minimum Gasteiger partial charge on any atom is -0.394 e. The summed E-state index contributed by atoms with van der Waals surface area (Å²) in [4.78, 5) is 27.6. The van der Waals surface area contributed by atoms with Crippen LogP contribution >= 0.6 is 0 Å². The molecule has 0 aliphatic carbocycles. The molecule has 0 bridgehead atoms. The van der Waals surface area contributed by atoms with Gasteiger partial charge >= 0.3 is 0 Å². The van der Waals surface area contributed by atoms with E-state index in [0.717, 1.165) is 5.69 Å². The number of aliphatic hydroxyl groups excluding tert-OH is 4. The number of ether oxygens (including phenoxy) is 4. The molecule has 0 spiro atoms. The van der Waals surface area contributed by atoms with Crippen molar-refractivity contribution in [3.8, 4) is 0 Å². The number of nitrogens with one attached hydrogen (secondary N) is 3. The molecule has 0 saturated carbocycles. The average Bonchev–Trinajstić information content (AvgIpc) is 3.77. The molecule has 6 rings (SSSR count). The maximum absolute atomic E-state index is 13.0. The van der Waals surface area contributed by atoms with Gasteiger partial charge in [-0.25, -0.2) is 4.68 Å². The van der Waals surface area contributed by atoms with Gasteiger partial charge in [-0.05, 0) is 60.7 Å². The second-order valence-electron chi connectivity index (χ2n) is 15.2. The van der Waals surface area contributed by atoms with E-state index >= 15 is 0 Å². The SMILES string of the molecule is CN(C)c1ccc(N=Nc2ccc(C(=O)NCc3cn(CCOCCOC(CC(=O)NCCNc4cccc5c(S(=O)(=O)O)cccc45)O[C@H]4O[C@H](CO)[C@H](O)[C@H](O)[C@H]4O)nn3)cc2)cc1. The molecule has 1 aromatic heterocycles. The van der Waals surface area contributed by atoms with E-state index in [9.17, 15) is 43.0 Å². The van der Waals surface area contributed by atoms with Crippen LogP contribution in [0.25, 0.3) is 10.8 Å². The van der Waals surface area contributed by atoms with Crippen LogP contribution in [0.3, 0.4) is 0 Å². The van der Waals surface area contributed by atoms with E-state index in [1.165, 1.54) is 16.8 Å². The van der Waals surface area contributed by atoms with E-state index in [-0.39, 0.29) is 50.3 Å². The van der Waals surface area contributed by atoms with Gasteiger partial charge in [-0.2, -0.15) is 18.6 Å². The van der Waals surface area contributed by atoms with Crippen LogP contribution in [-0.2, 0) is 46.9 Å². The smallest absolute Gasteiger partial charge is 0.295 e. The Kier molecular flexibility index (Phi) is 17.6. The zero-order valence-electron chi connectivity index (χ0n) is 36.1. The number of carbonyl (C=O) groups is 2. The van der Waals surface area contributed by atoms with Gasteiger partial charge in [0.1, 0.15) is 35.0 Å². The van der Waals surface area contributed by atoms with Crippen LogP contribution in [-0.4, -0.2) is 151 Å². The number of benzene rings is 4. The van der Waals surface area contributed by atoms with Crippen molar-refractivity contribution in [2.24, 2.45) is 10.2 Å². The summed E-state index contributed by atoms with van der Waals surface area (Å²) in [5.41, 5.74) is 3.86. The number of hydrogen-bond acceptors (Lipinski definition) is 18. The highest BCUT2D eigenvalue weighted by molar-refractivity contribution is 7.86. The molecule has 1 aliphatic rings. The van der Waals surface area contributed by atoms with Gasteiger partial charge in [-0.3, -0.25) is 14.1 Å². The molecule has 6 atom stereocenters. The number of fused-ring (bicyclic) bond motifs is 1. The van der Waals surface area contributed by atoms with Crippen molar-refractivity contribution < 1.29 is 61.9 Å². The molecule has 8 N–H and O–H groups in total. The van der Waals surface area contributed by atoms with E-state index in [1.807, 2.05) is 43.3 Å². The van der Waals surface area contributed by atoms with Gasteiger partial charge in [0.2, 0.25) is 5.91 Å². The Morgan fingerprint density at radius 3 is 2.26 bits per heavy atom. The van der Waals surface area contributed by atoms with E-state index in [4.69, 9.17) is 18.9 Å². The number of rotatable bonds is 23. The fraction of sp³-hybridized carbons (Fsp3) is 0.395. The largest absolute Gasteiger partial charge is 0.394 e. The van der Waals surface area contributed by atoms with Crippen molar-refractivity contribution in [1.29, 1.82) is 0 Å². The highest BCUT2D eigenvalue weighted by Crippen LogP contribution is 2.29. The lowest BCUT2D eigenvalue weighted by Crippen LogP contribution is -2.59. The number of amides is 2. The van der Waals surface area contributed by atoms with Crippen molar-refractivity contribution in [3.05, 3.63) is 102 Å². The predicted octanol–water partition coefficient (Wildman–Crippen LogP) is 1.88. The van der Waals surface area contributed by atoms with Crippen molar-refractivity contribution in [3.63, 3.8) is 0 Å². The Morgan fingerprint density at radius 2 is 1.56 bits per heavy atom. The normalized spacial score (nSPS) is 19.2. The Hall–Kier alpha value is -5.99. The number of azo groups is 1. The van der Waals surface area contributed by atoms with Gasteiger partial charge in [0.25, 0.3) is 16.0 Å². The summed E-state index contributed by atoms with van der Waals surface area (Å²) in [5, 5.41) is 66.8. The first-order chi connectivity index (χ1) is 31.7. The van der Waals surface area contributed by atoms with E-state index in [1.54, 1.807) is 54.7 Å². The molecule has 4 aromatic carbocycles. The molecule has 1 saturated heterocycles. The van der Waals surface area contributed by atoms with Crippen LogP contribution in [0.2, 0.25) is 0 Å². The molecule has 1 fully saturated rings. The van der Waals surface area contributed by atoms with Crippen LogP contribution < -0.4 is 20.9 Å². The second kappa shape index (κ2) is 23.5. The summed E-state index contributed by atoms with van der Waals surface area (Å²) in [7, 11) is -0.547. The Morgan fingerprint density at radius 1 is 0.864 bits per heavy atom. The summed E-state index contributed by atoms with van der Waals surface area (Å²) >= 11 is 0. The summed E-state index contributed by atoms with van der Waals surface area (Å²) in [6.07, 6.45) is -8.00. The molecule has 2 amide bonds. The number of aromatic nitrogens is 3. The number of carbonyl (C=O) groups excluding carboxylic acids is 2. The van der Waals surface area contributed by atoms with Crippen molar-refractivity contribution >= 4 is 55.5 Å². The first-order valence-corrected chi connectivity index (χ1v) is 22.3. The molecular formula is C43H53N9O13S. The van der Waals surface area contributed by atoms with E-state index < -0.39 is 66.0 Å². The maximum Gasteiger partial charge on any atom is 0.295 e. The Bertz CT molecular complexity index is 2510. The number of nitrogens with zero attached hydrogens (tertiary/aromatic N) is 6. The zero-order valence-corrected chi connectivity index (χ0v) is 36.9. The summed E-state index contributed by atoms with van der Waals surface area (Å²) in [5.74, 6) is -0.840. The van der Waals surface area contributed by atoms with Gasteiger partial charge in [-0.1, -0.05) is 29.5 Å². The molecule has 1 unspecified atom stereocenters. The number of anilines is 2. The lowest BCUT2D eigenvalue weighted by atomic mass is 9.99. The molecule has 0 radical (unpaired) electrons. The minimum atomic E-state index is -4.46. The van der Waals surface area contributed by atoms with Gasteiger partial charge < -0.3 is 60.2 Å². The molecule has 66 heavy (non-hydrogen) atoms. The van der Waals surface area contributed by atoms with Crippen LogP contribution in [0.4, 0.5) is 22.7 Å². The standard InChI is InChI=1S/C43H53N9O13S/c1-51(2)31-15-13-29(14-16-31)48-47-28-11-9-27(10-12-28)42(58)46-24-30-25-52(50-49-30)19-20-62-21-22-63-38(65-43-41(57)40(56)39(55)35(26-53)64-43)23-37(54)45-18-17-44-34-7-3-6-33-32(34)5-4-8-36(33)66(59,60)61/h3-16,25,35,38-41,43-44,53,55-57H,17-24,26H2,1-2H3,(H,45,54)(H,46,58)(H,59,60,61)/t35-,38?,39+,40+,41-,43-/m1/s1. The van der Waals surface area contributed by atoms with Gasteiger partial charge in [0.15, 0.2) is 12.6 Å². The highest BCUT2D eigenvalue weighted by atomic mass is 32.2. The monoisotopic (exact) mass is 935 g/mol. The van der Waals surface area contributed by atoms with E-state index in [2.05, 4.69) is 36.5 Å². The first kappa shape index (κ1) is 49.4. The second-order valence-corrected chi connectivity index (χ2v) is 16.6. The molecule has 2 heterocycles. The fourth-order valence-corrected chi connectivity index (χ4v) is 7.38. The number of aliphatic hydroxyl groups is 4.